The number of amides is 1. The van der Waals surface area contributed by atoms with E-state index in [0.29, 0.717) is 27.8 Å². The van der Waals surface area contributed by atoms with E-state index in [4.69, 9.17) is 28.9 Å². The van der Waals surface area contributed by atoms with Crippen LogP contribution in [0.15, 0.2) is 36.4 Å². The molecule has 0 unspecified atom stereocenters. The predicted octanol–water partition coefficient (Wildman–Crippen LogP) is 3.78. The molecule has 1 amide bonds. The van der Waals surface area contributed by atoms with Gasteiger partial charge in [0, 0.05) is 23.5 Å². The molecule has 2 aromatic carbocycles. The number of benzene rings is 2. The molecule has 2 N–H and O–H groups in total. The Balaban J connectivity index is 1.97. The second-order valence-corrected chi connectivity index (χ2v) is 5.54. The predicted molar refractivity (Wildman–Crippen MR) is 82.7 cm³/mol. The smallest absolute Gasteiger partial charge is 0.258 e. The lowest BCUT2D eigenvalue weighted by atomic mass is 10.1. The molecule has 0 spiro atoms. The fraction of sp³-hybridized carbons (Fsp3) is 0.133. The van der Waals surface area contributed by atoms with Gasteiger partial charge in [0.15, 0.2) is 0 Å². The van der Waals surface area contributed by atoms with E-state index in [2.05, 4.69) is 0 Å². The summed E-state index contributed by atoms with van der Waals surface area (Å²) in [6, 6.07) is 10.6. The molecular weight excluding hydrogens is 295 g/mol. The average Bonchev–Trinajstić information content (AvgIpc) is 2.84. The molecule has 2 aromatic rings. The van der Waals surface area contributed by atoms with Crippen molar-refractivity contribution in [3.05, 3.63) is 57.6 Å². The third-order valence-electron chi connectivity index (χ3n) is 3.42. The highest BCUT2D eigenvalue weighted by Crippen LogP contribution is 2.32. The molecule has 0 radical (unpaired) electrons. The quantitative estimate of drug-likeness (QED) is 0.815. The molecule has 1 aliphatic heterocycles. The maximum absolute atomic E-state index is 12.6. The molecule has 0 atom stereocenters. The van der Waals surface area contributed by atoms with Crippen LogP contribution in [-0.4, -0.2) is 12.5 Å². The maximum Gasteiger partial charge on any atom is 0.258 e. The van der Waals surface area contributed by atoms with E-state index in [1.165, 1.54) is 0 Å². The first-order valence-corrected chi connectivity index (χ1v) is 6.97. The summed E-state index contributed by atoms with van der Waals surface area (Å²) in [5, 5.41) is 0.818. The van der Waals surface area contributed by atoms with Gasteiger partial charge in [-0.25, -0.2) is 0 Å². The minimum absolute atomic E-state index is 0.0899. The molecule has 20 heavy (non-hydrogen) atoms. The SMILES string of the molecule is Nc1ccc2c(c1)N(C(=O)c1ccc(Cl)c(Cl)c1)CC2. The topological polar surface area (TPSA) is 46.3 Å². The van der Waals surface area contributed by atoms with Crippen molar-refractivity contribution >= 4 is 40.5 Å². The molecule has 0 aliphatic carbocycles. The Morgan fingerprint density at radius 2 is 1.90 bits per heavy atom. The van der Waals surface area contributed by atoms with Gasteiger partial charge in [0.1, 0.15) is 0 Å². The van der Waals surface area contributed by atoms with Crippen LogP contribution < -0.4 is 10.6 Å². The van der Waals surface area contributed by atoms with Crippen molar-refractivity contribution in [2.75, 3.05) is 17.2 Å². The van der Waals surface area contributed by atoms with E-state index in [9.17, 15) is 4.79 Å². The molecule has 0 aromatic heterocycles. The molecular formula is C15H12Cl2N2O. The van der Waals surface area contributed by atoms with Crippen LogP contribution >= 0.6 is 23.2 Å². The Labute approximate surface area is 126 Å². The average molecular weight is 307 g/mol. The second-order valence-electron chi connectivity index (χ2n) is 4.72. The fourth-order valence-corrected chi connectivity index (χ4v) is 2.69. The van der Waals surface area contributed by atoms with E-state index in [0.717, 1.165) is 17.7 Å². The van der Waals surface area contributed by atoms with Crippen molar-refractivity contribution in [3.8, 4) is 0 Å². The van der Waals surface area contributed by atoms with Gasteiger partial charge in [-0.15, -0.1) is 0 Å². The Morgan fingerprint density at radius 3 is 2.65 bits per heavy atom. The Kier molecular flexibility index (Phi) is 3.32. The molecule has 0 fully saturated rings. The van der Waals surface area contributed by atoms with E-state index in [1.807, 2.05) is 18.2 Å². The Hall–Kier alpha value is -1.71. The number of hydrogen-bond donors (Lipinski definition) is 1. The lowest BCUT2D eigenvalue weighted by Crippen LogP contribution is -2.28. The summed E-state index contributed by atoms with van der Waals surface area (Å²) in [6.45, 7) is 0.651. The first kappa shape index (κ1) is 13.3. The molecule has 1 aliphatic rings. The number of halogens is 2. The van der Waals surface area contributed by atoms with Crippen molar-refractivity contribution in [2.45, 2.75) is 6.42 Å². The van der Waals surface area contributed by atoms with Crippen molar-refractivity contribution in [1.82, 2.24) is 0 Å². The zero-order chi connectivity index (χ0) is 14.3. The van der Waals surface area contributed by atoms with Gasteiger partial charge in [-0.1, -0.05) is 29.3 Å². The molecule has 5 heteroatoms. The first-order chi connectivity index (χ1) is 9.56. The maximum atomic E-state index is 12.6. The number of anilines is 2. The number of nitrogen functional groups attached to an aromatic ring is 1. The van der Waals surface area contributed by atoms with Gasteiger partial charge in [0.25, 0.3) is 5.91 Å². The number of carbonyl (C=O) groups is 1. The summed E-state index contributed by atoms with van der Waals surface area (Å²) in [5.41, 5.74) is 8.98. The van der Waals surface area contributed by atoms with Crippen LogP contribution in [0.2, 0.25) is 10.0 Å². The Morgan fingerprint density at radius 1 is 1.10 bits per heavy atom. The standard InChI is InChI=1S/C15H12Cl2N2O/c16-12-4-2-10(7-13(12)17)15(20)19-6-5-9-1-3-11(18)8-14(9)19/h1-4,7-8H,5-6,18H2. The number of nitrogens with two attached hydrogens (primary N) is 1. The van der Waals surface area contributed by atoms with Gasteiger partial charge in [0.05, 0.1) is 10.0 Å². The highest BCUT2D eigenvalue weighted by Gasteiger charge is 2.25. The Bertz CT molecular complexity index is 700. The number of rotatable bonds is 1. The number of fused-ring (bicyclic) bond motifs is 1. The molecule has 3 rings (SSSR count). The lowest BCUT2D eigenvalue weighted by molar-refractivity contribution is 0.0989. The van der Waals surface area contributed by atoms with Crippen molar-refractivity contribution in [1.29, 1.82) is 0 Å². The number of nitrogens with zero attached hydrogens (tertiary/aromatic N) is 1. The third-order valence-corrected chi connectivity index (χ3v) is 4.16. The summed E-state index contributed by atoms with van der Waals surface area (Å²) in [6.07, 6.45) is 0.836. The summed E-state index contributed by atoms with van der Waals surface area (Å²) in [4.78, 5) is 14.3. The summed E-state index contributed by atoms with van der Waals surface area (Å²) in [5.74, 6) is -0.0899. The zero-order valence-electron chi connectivity index (χ0n) is 10.6. The molecule has 0 saturated carbocycles. The van der Waals surface area contributed by atoms with Crippen LogP contribution in [0.4, 0.5) is 11.4 Å². The van der Waals surface area contributed by atoms with Gasteiger partial charge in [0.2, 0.25) is 0 Å². The highest BCUT2D eigenvalue weighted by molar-refractivity contribution is 6.42. The largest absolute Gasteiger partial charge is 0.399 e. The van der Waals surface area contributed by atoms with Crippen LogP contribution in [0.3, 0.4) is 0 Å². The van der Waals surface area contributed by atoms with E-state index in [1.54, 1.807) is 23.1 Å². The molecule has 0 bridgehead atoms. The molecule has 0 saturated heterocycles. The number of hydrogen-bond acceptors (Lipinski definition) is 2. The lowest BCUT2D eigenvalue weighted by Gasteiger charge is -2.18. The van der Waals surface area contributed by atoms with E-state index < -0.39 is 0 Å². The van der Waals surface area contributed by atoms with Crippen LogP contribution in [0.5, 0.6) is 0 Å². The minimum Gasteiger partial charge on any atom is -0.399 e. The van der Waals surface area contributed by atoms with Crippen LogP contribution in [0, 0.1) is 0 Å². The van der Waals surface area contributed by atoms with Crippen molar-refractivity contribution in [2.24, 2.45) is 0 Å². The summed E-state index contributed by atoms with van der Waals surface area (Å²) >= 11 is 11.8. The summed E-state index contributed by atoms with van der Waals surface area (Å²) in [7, 11) is 0. The van der Waals surface area contributed by atoms with Crippen LogP contribution in [0.25, 0.3) is 0 Å². The zero-order valence-corrected chi connectivity index (χ0v) is 12.1. The summed E-state index contributed by atoms with van der Waals surface area (Å²) < 4.78 is 0. The van der Waals surface area contributed by atoms with Gasteiger partial charge in [-0.05, 0) is 42.3 Å². The van der Waals surface area contributed by atoms with Gasteiger partial charge in [-0.2, -0.15) is 0 Å². The van der Waals surface area contributed by atoms with Crippen molar-refractivity contribution < 1.29 is 4.79 Å². The van der Waals surface area contributed by atoms with Crippen LogP contribution in [0.1, 0.15) is 15.9 Å². The first-order valence-electron chi connectivity index (χ1n) is 6.21. The van der Waals surface area contributed by atoms with Gasteiger partial charge >= 0.3 is 0 Å². The monoisotopic (exact) mass is 306 g/mol. The van der Waals surface area contributed by atoms with Gasteiger partial charge < -0.3 is 10.6 Å². The molecule has 1 heterocycles. The molecule has 102 valence electrons. The normalized spacial score (nSPS) is 13.4. The van der Waals surface area contributed by atoms with E-state index in [-0.39, 0.29) is 5.91 Å². The highest BCUT2D eigenvalue weighted by atomic mass is 35.5. The van der Waals surface area contributed by atoms with Crippen LogP contribution in [-0.2, 0) is 6.42 Å². The molecule has 3 nitrogen and oxygen atoms in total. The second kappa shape index (κ2) is 5.00. The van der Waals surface area contributed by atoms with Crippen molar-refractivity contribution in [3.63, 3.8) is 0 Å². The minimum atomic E-state index is -0.0899. The fourth-order valence-electron chi connectivity index (χ4n) is 2.39. The van der Waals surface area contributed by atoms with Gasteiger partial charge in [-0.3, -0.25) is 4.79 Å². The van der Waals surface area contributed by atoms with E-state index >= 15 is 0 Å². The number of carbonyl (C=O) groups excluding carboxylic acids is 1. The third kappa shape index (κ3) is 2.23.